The van der Waals surface area contributed by atoms with Crippen molar-refractivity contribution in [1.82, 2.24) is 9.97 Å². The van der Waals surface area contributed by atoms with E-state index in [-0.39, 0.29) is 18.1 Å². The number of carbonyl (C=O) groups excluding carboxylic acids is 2. The Hall–Kier alpha value is -3.22. The Balaban J connectivity index is 2.25. The number of rotatable bonds is 5. The van der Waals surface area contributed by atoms with Crippen molar-refractivity contribution in [2.75, 3.05) is 11.9 Å². The predicted molar refractivity (Wildman–Crippen MR) is 90.5 cm³/mol. The molecule has 2 N–H and O–H groups in total. The maximum atomic E-state index is 11.9. The third-order valence-electron chi connectivity index (χ3n) is 3.01. The number of aromatic amines is 1. The maximum absolute atomic E-state index is 11.9. The number of anilines is 1. The number of aromatic nitrogens is 2. The number of carbonyl (C=O) groups is 2. The van der Waals surface area contributed by atoms with Gasteiger partial charge in [0.05, 0.1) is 12.3 Å². The summed E-state index contributed by atoms with van der Waals surface area (Å²) in [6, 6.07) is 7.10. The van der Waals surface area contributed by atoms with E-state index in [2.05, 4.69) is 15.3 Å². The first-order chi connectivity index (χ1) is 11.5. The van der Waals surface area contributed by atoms with E-state index in [9.17, 15) is 14.4 Å². The molecule has 1 amide bonds. The molecule has 0 atom stereocenters. The fourth-order valence-electron chi connectivity index (χ4n) is 1.97. The molecule has 1 heterocycles. The van der Waals surface area contributed by atoms with Gasteiger partial charge in [0.2, 0.25) is 5.91 Å². The van der Waals surface area contributed by atoms with Crippen LogP contribution in [0.1, 0.15) is 35.5 Å². The quantitative estimate of drug-likeness (QED) is 0.819. The molecule has 0 bridgehead atoms. The molecular formula is C17H17N3O4. The summed E-state index contributed by atoms with van der Waals surface area (Å²) in [5.74, 6) is -0.700. The number of H-pyrrole nitrogens is 1. The number of nitrogens with zero attached hydrogens (tertiary/aromatic N) is 1. The second kappa shape index (κ2) is 7.87. The van der Waals surface area contributed by atoms with E-state index in [0.717, 1.165) is 5.56 Å². The van der Waals surface area contributed by atoms with Crippen molar-refractivity contribution in [2.45, 2.75) is 13.8 Å². The highest BCUT2D eigenvalue weighted by Crippen LogP contribution is 2.13. The molecule has 0 aliphatic heterocycles. The second-order valence-electron chi connectivity index (χ2n) is 4.87. The lowest BCUT2D eigenvalue weighted by Gasteiger charge is -2.04. The third-order valence-corrected chi connectivity index (χ3v) is 3.01. The van der Waals surface area contributed by atoms with E-state index in [1.54, 1.807) is 43.3 Å². The number of nitrogens with one attached hydrogen (secondary N) is 2. The topological polar surface area (TPSA) is 101 Å². The molecule has 0 saturated heterocycles. The fourth-order valence-corrected chi connectivity index (χ4v) is 1.97. The number of amides is 1. The summed E-state index contributed by atoms with van der Waals surface area (Å²) < 4.78 is 4.94. The van der Waals surface area contributed by atoms with Crippen molar-refractivity contribution in [3.63, 3.8) is 0 Å². The van der Waals surface area contributed by atoms with Crippen LogP contribution in [-0.2, 0) is 9.53 Å². The van der Waals surface area contributed by atoms with Gasteiger partial charge in [-0.25, -0.2) is 14.6 Å². The maximum Gasteiger partial charge on any atom is 0.345 e. The Labute approximate surface area is 138 Å². The molecule has 0 aliphatic carbocycles. The summed E-state index contributed by atoms with van der Waals surface area (Å²) >= 11 is 0. The Kier molecular flexibility index (Phi) is 5.62. The van der Waals surface area contributed by atoms with Crippen molar-refractivity contribution >= 4 is 29.7 Å². The van der Waals surface area contributed by atoms with Crippen LogP contribution in [0.25, 0.3) is 12.2 Å². The Morgan fingerprint density at radius 3 is 2.58 bits per heavy atom. The molecule has 0 radical (unpaired) electrons. The summed E-state index contributed by atoms with van der Waals surface area (Å²) in [4.78, 5) is 40.3. The lowest BCUT2D eigenvalue weighted by atomic mass is 10.1. The minimum Gasteiger partial charge on any atom is -0.462 e. The van der Waals surface area contributed by atoms with E-state index in [1.807, 2.05) is 0 Å². The zero-order valence-electron chi connectivity index (χ0n) is 13.3. The zero-order chi connectivity index (χ0) is 17.5. The van der Waals surface area contributed by atoms with E-state index in [0.29, 0.717) is 11.4 Å². The summed E-state index contributed by atoms with van der Waals surface area (Å²) in [6.45, 7) is 3.36. The smallest absolute Gasteiger partial charge is 0.345 e. The molecule has 0 spiro atoms. The number of benzene rings is 1. The van der Waals surface area contributed by atoms with Crippen LogP contribution in [0, 0.1) is 0 Å². The van der Waals surface area contributed by atoms with Gasteiger partial charge in [-0.2, -0.15) is 0 Å². The van der Waals surface area contributed by atoms with Crippen molar-refractivity contribution < 1.29 is 14.3 Å². The highest BCUT2D eigenvalue weighted by atomic mass is 16.5. The molecule has 0 fully saturated rings. The largest absolute Gasteiger partial charge is 0.462 e. The number of ether oxygens (including phenoxy) is 1. The van der Waals surface area contributed by atoms with Gasteiger partial charge in [0.15, 0.2) is 0 Å². The van der Waals surface area contributed by atoms with E-state index < -0.39 is 11.7 Å². The van der Waals surface area contributed by atoms with Gasteiger partial charge in [-0.05, 0) is 30.7 Å². The highest BCUT2D eigenvalue weighted by molar-refractivity contribution is 5.93. The normalized spacial score (nSPS) is 10.6. The molecule has 2 aromatic rings. The molecule has 7 nitrogen and oxygen atoms in total. The molecule has 0 unspecified atom stereocenters. The van der Waals surface area contributed by atoms with Crippen molar-refractivity contribution in [1.29, 1.82) is 0 Å². The van der Waals surface area contributed by atoms with Gasteiger partial charge >= 0.3 is 11.7 Å². The molecule has 124 valence electrons. The van der Waals surface area contributed by atoms with Crippen LogP contribution in [0.5, 0.6) is 0 Å². The van der Waals surface area contributed by atoms with Crippen LogP contribution < -0.4 is 11.0 Å². The van der Waals surface area contributed by atoms with Crippen LogP contribution in [0.15, 0.2) is 35.3 Å². The monoisotopic (exact) mass is 327 g/mol. The standard InChI is InChI=1S/C17H17N3O4/c1-3-24-16(22)14-10-18-17(23)20-15(14)9-6-12-4-7-13(8-5-12)19-11(2)21/h4-10H,3H2,1-2H3,(H,19,21)(H,18,20,23). The first-order valence-electron chi connectivity index (χ1n) is 7.31. The molecule has 0 aliphatic rings. The summed E-state index contributed by atoms with van der Waals surface area (Å²) in [7, 11) is 0. The summed E-state index contributed by atoms with van der Waals surface area (Å²) in [5.41, 5.74) is 1.46. The van der Waals surface area contributed by atoms with Gasteiger partial charge in [-0.3, -0.25) is 4.79 Å². The second-order valence-corrected chi connectivity index (χ2v) is 4.87. The minimum absolute atomic E-state index is 0.147. The van der Waals surface area contributed by atoms with E-state index in [1.165, 1.54) is 13.1 Å². The van der Waals surface area contributed by atoms with Gasteiger partial charge in [0.25, 0.3) is 0 Å². The van der Waals surface area contributed by atoms with Gasteiger partial charge in [0, 0.05) is 18.8 Å². The third kappa shape index (κ3) is 4.64. The lowest BCUT2D eigenvalue weighted by Crippen LogP contribution is -2.16. The first kappa shape index (κ1) is 17.1. The van der Waals surface area contributed by atoms with Crippen LogP contribution in [0.3, 0.4) is 0 Å². The van der Waals surface area contributed by atoms with E-state index >= 15 is 0 Å². The minimum atomic E-state index is -0.554. The Morgan fingerprint density at radius 2 is 1.96 bits per heavy atom. The van der Waals surface area contributed by atoms with Crippen molar-refractivity contribution in [2.24, 2.45) is 0 Å². The number of esters is 1. The molecule has 24 heavy (non-hydrogen) atoms. The summed E-state index contributed by atoms with van der Waals surface area (Å²) in [5, 5.41) is 2.67. The molecule has 1 aromatic heterocycles. The molecule has 2 rings (SSSR count). The Bertz CT molecular complexity index is 822. The SMILES string of the molecule is CCOC(=O)c1cnc(=O)[nH]c1C=Cc1ccc(NC(C)=O)cc1. The Morgan fingerprint density at radius 1 is 1.25 bits per heavy atom. The van der Waals surface area contributed by atoms with Gasteiger partial charge < -0.3 is 15.0 Å². The van der Waals surface area contributed by atoms with Crippen LogP contribution in [-0.4, -0.2) is 28.5 Å². The fraction of sp³-hybridized carbons (Fsp3) is 0.176. The van der Waals surface area contributed by atoms with Gasteiger partial charge in [-0.1, -0.05) is 18.2 Å². The van der Waals surface area contributed by atoms with Gasteiger partial charge in [0.1, 0.15) is 5.56 Å². The molecular weight excluding hydrogens is 310 g/mol. The average Bonchev–Trinajstić information content (AvgIpc) is 2.54. The number of hydrogen-bond donors (Lipinski definition) is 2. The summed E-state index contributed by atoms with van der Waals surface area (Å²) in [6.07, 6.45) is 4.52. The number of hydrogen-bond acceptors (Lipinski definition) is 5. The highest BCUT2D eigenvalue weighted by Gasteiger charge is 2.12. The predicted octanol–water partition coefficient (Wildman–Crippen LogP) is 2.08. The van der Waals surface area contributed by atoms with Crippen LogP contribution in [0.4, 0.5) is 5.69 Å². The molecule has 7 heteroatoms. The molecule has 0 saturated carbocycles. The molecule has 1 aromatic carbocycles. The van der Waals surface area contributed by atoms with Crippen LogP contribution >= 0.6 is 0 Å². The van der Waals surface area contributed by atoms with E-state index in [4.69, 9.17) is 4.74 Å². The lowest BCUT2D eigenvalue weighted by molar-refractivity contribution is -0.114. The average molecular weight is 327 g/mol. The van der Waals surface area contributed by atoms with Gasteiger partial charge in [-0.15, -0.1) is 0 Å². The first-order valence-corrected chi connectivity index (χ1v) is 7.31. The van der Waals surface area contributed by atoms with Crippen LogP contribution in [0.2, 0.25) is 0 Å². The zero-order valence-corrected chi connectivity index (χ0v) is 13.3. The van der Waals surface area contributed by atoms with Crippen molar-refractivity contribution in [3.8, 4) is 0 Å². The van der Waals surface area contributed by atoms with Crippen molar-refractivity contribution in [3.05, 3.63) is 57.8 Å².